The van der Waals surface area contributed by atoms with Crippen molar-refractivity contribution in [1.29, 1.82) is 0 Å². The lowest BCUT2D eigenvalue weighted by molar-refractivity contribution is 0.501. The van der Waals surface area contributed by atoms with Crippen molar-refractivity contribution in [3.63, 3.8) is 0 Å². The van der Waals surface area contributed by atoms with Crippen LogP contribution in [0.15, 0.2) is 54.7 Å². The number of rotatable bonds is 4. The maximum absolute atomic E-state index is 14.3. The third kappa shape index (κ3) is 2.98. The van der Waals surface area contributed by atoms with Crippen LogP contribution in [0, 0.1) is 11.6 Å². The first kappa shape index (κ1) is 17.7. The highest BCUT2D eigenvalue weighted by atomic mass is 19.2. The average Bonchev–Trinajstić information content (AvgIpc) is 3.20. The van der Waals surface area contributed by atoms with Gasteiger partial charge in [-0.05, 0) is 46.2 Å². The highest BCUT2D eigenvalue weighted by molar-refractivity contribution is 5.77. The summed E-state index contributed by atoms with van der Waals surface area (Å²) in [5.41, 5.74) is 9.36. The van der Waals surface area contributed by atoms with E-state index in [1.807, 2.05) is 24.3 Å². The zero-order valence-electron chi connectivity index (χ0n) is 15.0. The van der Waals surface area contributed by atoms with Crippen LogP contribution in [0.25, 0.3) is 28.2 Å². The summed E-state index contributed by atoms with van der Waals surface area (Å²) in [5, 5.41) is 11.4. The van der Waals surface area contributed by atoms with Crippen LogP contribution >= 0.6 is 0 Å². The molecule has 2 heterocycles. The second-order valence-electron chi connectivity index (χ2n) is 6.15. The molecule has 8 heteroatoms. The monoisotopic (exact) mass is 378 g/mol. The molecule has 2 aromatic carbocycles. The molecule has 0 bridgehead atoms. The molecular weight excluding hydrogens is 362 g/mol. The van der Waals surface area contributed by atoms with Gasteiger partial charge in [0.05, 0.1) is 5.56 Å². The van der Waals surface area contributed by atoms with E-state index in [0.717, 1.165) is 33.9 Å². The summed E-state index contributed by atoms with van der Waals surface area (Å²) in [6, 6.07) is 13.5. The van der Waals surface area contributed by atoms with Crippen LogP contribution < -0.4 is 5.73 Å². The summed E-state index contributed by atoms with van der Waals surface area (Å²) in [6.45, 7) is 2.07. The molecular formula is C20H16F2N6. The van der Waals surface area contributed by atoms with Gasteiger partial charge >= 0.3 is 0 Å². The fraction of sp³-hybridized carbons (Fsp3) is 0.100. The number of nitrogens with two attached hydrogens (primary N) is 1. The predicted octanol–water partition coefficient (Wildman–Crippen LogP) is 3.81. The van der Waals surface area contributed by atoms with E-state index in [1.165, 1.54) is 12.1 Å². The van der Waals surface area contributed by atoms with E-state index in [1.54, 1.807) is 12.3 Å². The van der Waals surface area contributed by atoms with Crippen LogP contribution in [-0.4, -0.2) is 25.2 Å². The fourth-order valence-electron chi connectivity index (χ4n) is 3.09. The van der Waals surface area contributed by atoms with Crippen molar-refractivity contribution < 1.29 is 8.78 Å². The van der Waals surface area contributed by atoms with Crippen LogP contribution in [-0.2, 0) is 6.42 Å². The number of nitrogen functional groups attached to an aromatic ring is 1. The molecule has 0 saturated carbocycles. The van der Waals surface area contributed by atoms with Crippen molar-refractivity contribution in [1.82, 2.24) is 25.2 Å². The van der Waals surface area contributed by atoms with Gasteiger partial charge in [-0.1, -0.05) is 37.3 Å². The topological polar surface area (TPSA) is 82.5 Å². The van der Waals surface area contributed by atoms with E-state index < -0.39 is 11.6 Å². The molecule has 0 aliphatic rings. The van der Waals surface area contributed by atoms with Crippen molar-refractivity contribution in [2.75, 3.05) is 5.73 Å². The molecule has 4 rings (SSSR count). The molecule has 0 spiro atoms. The second kappa shape index (κ2) is 7.15. The fourth-order valence-corrected chi connectivity index (χ4v) is 3.09. The van der Waals surface area contributed by atoms with Gasteiger partial charge in [-0.3, -0.25) is 0 Å². The Morgan fingerprint density at radius 1 is 1.04 bits per heavy atom. The number of tetrazole rings is 1. The van der Waals surface area contributed by atoms with Crippen LogP contribution in [0.5, 0.6) is 0 Å². The Labute approximate surface area is 159 Å². The number of benzene rings is 2. The van der Waals surface area contributed by atoms with Gasteiger partial charge in [-0.25, -0.2) is 13.8 Å². The molecule has 28 heavy (non-hydrogen) atoms. The first-order valence-electron chi connectivity index (χ1n) is 8.67. The van der Waals surface area contributed by atoms with E-state index in [-0.39, 0.29) is 17.3 Å². The molecule has 0 fully saturated rings. The summed E-state index contributed by atoms with van der Waals surface area (Å²) in [5.74, 6) is -1.68. The minimum absolute atomic E-state index is 0.112. The molecule has 0 radical (unpaired) electrons. The van der Waals surface area contributed by atoms with Crippen molar-refractivity contribution in [2.24, 2.45) is 0 Å². The molecule has 0 amide bonds. The molecule has 0 saturated heterocycles. The number of halogens is 2. The maximum Gasteiger partial charge on any atom is 0.190 e. The van der Waals surface area contributed by atoms with E-state index >= 15 is 0 Å². The number of hydrogen-bond donors (Lipinski definition) is 1. The predicted molar refractivity (Wildman–Crippen MR) is 102 cm³/mol. The largest absolute Gasteiger partial charge is 0.383 e. The third-order valence-corrected chi connectivity index (χ3v) is 4.50. The number of aryl methyl sites for hydroxylation is 1. The Kier molecular flexibility index (Phi) is 4.52. The molecule has 4 aromatic rings. The van der Waals surface area contributed by atoms with Gasteiger partial charge in [0.2, 0.25) is 0 Å². The zero-order valence-corrected chi connectivity index (χ0v) is 15.0. The first-order chi connectivity index (χ1) is 13.6. The summed E-state index contributed by atoms with van der Waals surface area (Å²) >= 11 is 0. The summed E-state index contributed by atoms with van der Waals surface area (Å²) in [7, 11) is 0. The Hall–Kier alpha value is -3.68. The standard InChI is InChI=1S/C20H16F2N6/c1-2-12-6-3-4-7-14(12)13-10-15(19(23)24-11-13)20-25-26-27-28(20)17-9-5-8-16(21)18(17)22/h3-11H,2H2,1H3,(H2,23,24). The van der Waals surface area contributed by atoms with Crippen molar-refractivity contribution >= 4 is 5.82 Å². The second-order valence-corrected chi connectivity index (χ2v) is 6.15. The SMILES string of the molecule is CCc1ccccc1-c1cnc(N)c(-c2nnnn2-c2cccc(F)c2F)c1. The van der Waals surface area contributed by atoms with E-state index in [0.29, 0.717) is 5.56 Å². The van der Waals surface area contributed by atoms with Gasteiger partial charge < -0.3 is 5.73 Å². The third-order valence-electron chi connectivity index (χ3n) is 4.50. The minimum atomic E-state index is -1.05. The Balaban J connectivity index is 1.88. The number of aromatic nitrogens is 5. The zero-order chi connectivity index (χ0) is 19.7. The molecule has 0 aliphatic heterocycles. The normalized spacial score (nSPS) is 11.0. The van der Waals surface area contributed by atoms with Gasteiger partial charge in [-0.2, -0.15) is 4.68 Å². The van der Waals surface area contributed by atoms with Gasteiger partial charge in [0.15, 0.2) is 17.5 Å². The summed E-state index contributed by atoms with van der Waals surface area (Å²) < 4.78 is 29.0. The minimum Gasteiger partial charge on any atom is -0.383 e. The van der Waals surface area contributed by atoms with Crippen molar-refractivity contribution in [3.05, 3.63) is 71.9 Å². The van der Waals surface area contributed by atoms with Crippen LogP contribution in [0.2, 0.25) is 0 Å². The van der Waals surface area contributed by atoms with Gasteiger partial charge in [0.25, 0.3) is 0 Å². The van der Waals surface area contributed by atoms with E-state index in [2.05, 4.69) is 27.4 Å². The van der Waals surface area contributed by atoms with E-state index in [4.69, 9.17) is 5.73 Å². The first-order valence-corrected chi connectivity index (χ1v) is 8.67. The van der Waals surface area contributed by atoms with Gasteiger partial charge in [0.1, 0.15) is 11.5 Å². The summed E-state index contributed by atoms with van der Waals surface area (Å²) in [6.07, 6.45) is 2.52. The molecule has 2 N–H and O–H groups in total. The van der Waals surface area contributed by atoms with Crippen molar-refractivity contribution in [3.8, 4) is 28.2 Å². The molecule has 2 aromatic heterocycles. The van der Waals surface area contributed by atoms with Crippen molar-refractivity contribution in [2.45, 2.75) is 13.3 Å². The van der Waals surface area contributed by atoms with Gasteiger partial charge in [0, 0.05) is 11.8 Å². The Morgan fingerprint density at radius 2 is 1.86 bits per heavy atom. The quantitative estimate of drug-likeness (QED) is 0.584. The lowest BCUT2D eigenvalue weighted by atomic mass is 9.98. The van der Waals surface area contributed by atoms with Crippen LogP contribution in [0.3, 0.4) is 0 Å². The smallest absolute Gasteiger partial charge is 0.190 e. The maximum atomic E-state index is 14.3. The highest BCUT2D eigenvalue weighted by Crippen LogP contribution is 2.31. The van der Waals surface area contributed by atoms with Crippen LogP contribution in [0.1, 0.15) is 12.5 Å². The highest BCUT2D eigenvalue weighted by Gasteiger charge is 2.19. The Morgan fingerprint density at radius 3 is 2.68 bits per heavy atom. The lowest BCUT2D eigenvalue weighted by Crippen LogP contribution is -2.06. The molecule has 140 valence electrons. The number of anilines is 1. The van der Waals surface area contributed by atoms with Gasteiger partial charge in [-0.15, -0.1) is 5.10 Å². The molecule has 0 aliphatic carbocycles. The molecule has 0 atom stereocenters. The number of hydrogen-bond acceptors (Lipinski definition) is 5. The Bertz CT molecular complexity index is 1160. The molecule has 0 unspecified atom stereocenters. The molecule has 6 nitrogen and oxygen atoms in total. The average molecular weight is 378 g/mol. The lowest BCUT2D eigenvalue weighted by Gasteiger charge is -2.11. The number of pyridine rings is 1. The summed E-state index contributed by atoms with van der Waals surface area (Å²) in [4.78, 5) is 4.26. The van der Waals surface area contributed by atoms with Crippen LogP contribution in [0.4, 0.5) is 14.6 Å². The number of nitrogens with zero attached hydrogens (tertiary/aromatic N) is 5. The van der Waals surface area contributed by atoms with E-state index in [9.17, 15) is 8.78 Å².